The molecule has 0 unspecified atom stereocenters. The molecular formula is C18H15NO3S. The van der Waals surface area contributed by atoms with Gasteiger partial charge >= 0.3 is 5.97 Å². The number of rotatable bonds is 6. The normalized spacial score (nSPS) is 10.4. The number of hydrogen-bond donors (Lipinski definition) is 1. The number of ether oxygens (including phenoxy) is 1. The van der Waals surface area contributed by atoms with Crippen LogP contribution in [0, 0.1) is 0 Å². The molecule has 0 bridgehead atoms. The summed E-state index contributed by atoms with van der Waals surface area (Å²) in [6, 6.07) is 17.7. The number of aromatic carboxylic acids is 1. The first-order chi connectivity index (χ1) is 11.2. The molecule has 0 atom stereocenters. The second-order valence-electron chi connectivity index (χ2n) is 4.95. The minimum absolute atomic E-state index is 0.0698. The SMILES string of the molecule is O=C(O)c1csc(-c2cccc(OCCc3ccccc3)c2)n1. The van der Waals surface area contributed by atoms with Crippen molar-refractivity contribution >= 4 is 17.3 Å². The van der Waals surface area contributed by atoms with Crippen LogP contribution in [0.25, 0.3) is 10.6 Å². The molecule has 3 aromatic rings. The van der Waals surface area contributed by atoms with Gasteiger partial charge in [-0.05, 0) is 17.7 Å². The van der Waals surface area contributed by atoms with E-state index in [-0.39, 0.29) is 5.69 Å². The quantitative estimate of drug-likeness (QED) is 0.740. The first-order valence-electron chi connectivity index (χ1n) is 7.18. The Hall–Kier alpha value is -2.66. The number of nitrogens with zero attached hydrogens (tertiary/aromatic N) is 1. The molecule has 0 aliphatic heterocycles. The van der Waals surface area contributed by atoms with Gasteiger partial charge in [0.2, 0.25) is 0 Å². The first-order valence-corrected chi connectivity index (χ1v) is 8.06. The molecule has 23 heavy (non-hydrogen) atoms. The molecule has 2 aromatic carbocycles. The molecule has 1 N–H and O–H groups in total. The number of thiazole rings is 1. The molecule has 0 saturated carbocycles. The second kappa shape index (κ2) is 7.07. The van der Waals surface area contributed by atoms with Crippen LogP contribution in [0.3, 0.4) is 0 Å². The Morgan fingerprint density at radius 1 is 1.13 bits per heavy atom. The molecule has 1 heterocycles. The lowest BCUT2D eigenvalue weighted by Crippen LogP contribution is -2.01. The molecule has 4 nitrogen and oxygen atoms in total. The third-order valence-corrected chi connectivity index (χ3v) is 4.20. The van der Waals surface area contributed by atoms with Gasteiger partial charge in [0.1, 0.15) is 10.8 Å². The van der Waals surface area contributed by atoms with Crippen molar-refractivity contribution in [2.24, 2.45) is 0 Å². The predicted molar refractivity (Wildman–Crippen MR) is 90.2 cm³/mol. The van der Waals surface area contributed by atoms with Gasteiger partial charge in [-0.1, -0.05) is 42.5 Å². The summed E-state index contributed by atoms with van der Waals surface area (Å²) in [5, 5.41) is 11.2. The van der Waals surface area contributed by atoms with Gasteiger partial charge in [0.05, 0.1) is 6.61 Å². The number of carboxylic acids is 1. The lowest BCUT2D eigenvalue weighted by Gasteiger charge is -2.07. The van der Waals surface area contributed by atoms with Crippen molar-refractivity contribution in [3.8, 4) is 16.3 Å². The molecule has 5 heteroatoms. The second-order valence-corrected chi connectivity index (χ2v) is 5.81. The molecule has 3 rings (SSSR count). The molecule has 0 aliphatic carbocycles. The fourth-order valence-corrected chi connectivity index (χ4v) is 2.95. The molecule has 116 valence electrons. The largest absolute Gasteiger partial charge is 0.493 e. The molecule has 1 aromatic heterocycles. The van der Waals surface area contributed by atoms with E-state index < -0.39 is 5.97 Å². The zero-order valence-electron chi connectivity index (χ0n) is 12.3. The smallest absolute Gasteiger partial charge is 0.355 e. The Morgan fingerprint density at radius 2 is 1.96 bits per heavy atom. The van der Waals surface area contributed by atoms with Crippen molar-refractivity contribution < 1.29 is 14.6 Å². The van der Waals surface area contributed by atoms with Crippen molar-refractivity contribution in [3.05, 3.63) is 71.2 Å². The number of carboxylic acid groups (broad SMARTS) is 1. The van der Waals surface area contributed by atoms with E-state index in [4.69, 9.17) is 9.84 Å². The summed E-state index contributed by atoms with van der Waals surface area (Å²) in [7, 11) is 0. The van der Waals surface area contributed by atoms with E-state index in [1.54, 1.807) is 5.38 Å². The number of aromatic nitrogens is 1. The summed E-state index contributed by atoms with van der Waals surface area (Å²) in [6.45, 7) is 0.589. The first kappa shape index (κ1) is 15.2. The number of carbonyl (C=O) groups is 1. The fourth-order valence-electron chi connectivity index (χ4n) is 2.15. The van der Waals surface area contributed by atoms with E-state index in [9.17, 15) is 4.79 Å². The van der Waals surface area contributed by atoms with Crippen LogP contribution in [0.2, 0.25) is 0 Å². The van der Waals surface area contributed by atoms with Crippen molar-refractivity contribution in [2.75, 3.05) is 6.61 Å². The highest BCUT2D eigenvalue weighted by molar-refractivity contribution is 7.13. The molecular weight excluding hydrogens is 310 g/mol. The maximum Gasteiger partial charge on any atom is 0.355 e. The summed E-state index contributed by atoms with van der Waals surface area (Å²) in [5.74, 6) is -0.256. The molecule has 0 amide bonds. The van der Waals surface area contributed by atoms with E-state index in [2.05, 4.69) is 17.1 Å². The highest BCUT2D eigenvalue weighted by Gasteiger charge is 2.10. The lowest BCUT2D eigenvalue weighted by atomic mass is 10.2. The van der Waals surface area contributed by atoms with E-state index in [1.807, 2.05) is 42.5 Å². The maximum absolute atomic E-state index is 10.9. The highest BCUT2D eigenvalue weighted by Crippen LogP contribution is 2.27. The zero-order valence-corrected chi connectivity index (χ0v) is 13.1. The molecule has 0 spiro atoms. The molecule has 0 saturated heterocycles. The zero-order chi connectivity index (χ0) is 16.1. The summed E-state index contributed by atoms with van der Waals surface area (Å²) in [6.07, 6.45) is 0.839. The van der Waals surface area contributed by atoms with Gasteiger partial charge in [0.15, 0.2) is 5.69 Å². The Kier molecular flexibility index (Phi) is 4.68. The fraction of sp³-hybridized carbons (Fsp3) is 0.111. The summed E-state index contributed by atoms with van der Waals surface area (Å²) >= 11 is 1.31. The van der Waals surface area contributed by atoms with Gasteiger partial charge < -0.3 is 9.84 Å². The van der Waals surface area contributed by atoms with Crippen LogP contribution in [-0.4, -0.2) is 22.7 Å². The van der Waals surface area contributed by atoms with Crippen LogP contribution in [-0.2, 0) is 6.42 Å². The van der Waals surface area contributed by atoms with E-state index in [0.717, 1.165) is 17.7 Å². The topological polar surface area (TPSA) is 59.4 Å². The maximum atomic E-state index is 10.9. The Morgan fingerprint density at radius 3 is 2.70 bits per heavy atom. The molecule has 0 fully saturated rings. The van der Waals surface area contributed by atoms with E-state index >= 15 is 0 Å². The van der Waals surface area contributed by atoms with Crippen LogP contribution in [0.4, 0.5) is 0 Å². The lowest BCUT2D eigenvalue weighted by molar-refractivity contribution is 0.0691. The monoisotopic (exact) mass is 325 g/mol. The van der Waals surface area contributed by atoms with Gasteiger partial charge in [-0.2, -0.15) is 0 Å². The average Bonchev–Trinajstić information content (AvgIpc) is 3.07. The Labute approximate surface area is 138 Å². The van der Waals surface area contributed by atoms with Crippen LogP contribution in [0.5, 0.6) is 5.75 Å². The Balaban J connectivity index is 1.66. The van der Waals surface area contributed by atoms with Gasteiger partial charge in [-0.25, -0.2) is 9.78 Å². The Bertz CT molecular complexity index is 799. The van der Waals surface area contributed by atoms with E-state index in [1.165, 1.54) is 16.9 Å². The van der Waals surface area contributed by atoms with Crippen molar-refractivity contribution in [1.29, 1.82) is 0 Å². The van der Waals surface area contributed by atoms with Gasteiger partial charge in [-0.15, -0.1) is 11.3 Å². The van der Waals surface area contributed by atoms with Crippen molar-refractivity contribution in [3.63, 3.8) is 0 Å². The summed E-state index contributed by atoms with van der Waals surface area (Å²) < 4.78 is 5.79. The molecule has 0 radical (unpaired) electrons. The highest BCUT2D eigenvalue weighted by atomic mass is 32.1. The van der Waals surface area contributed by atoms with Crippen LogP contribution in [0.1, 0.15) is 16.1 Å². The minimum Gasteiger partial charge on any atom is -0.493 e. The van der Waals surface area contributed by atoms with Crippen LogP contribution >= 0.6 is 11.3 Å². The third-order valence-electron chi connectivity index (χ3n) is 3.31. The minimum atomic E-state index is -1.01. The number of hydrogen-bond acceptors (Lipinski definition) is 4. The predicted octanol–water partition coefficient (Wildman–Crippen LogP) is 4.13. The third kappa shape index (κ3) is 3.96. The van der Waals surface area contributed by atoms with E-state index in [0.29, 0.717) is 11.6 Å². The standard InChI is InChI=1S/C18H15NO3S/c20-18(21)16-12-23-17(19-16)14-7-4-8-15(11-14)22-10-9-13-5-2-1-3-6-13/h1-8,11-12H,9-10H2,(H,20,21). The molecule has 0 aliphatic rings. The van der Waals surface area contributed by atoms with Gasteiger partial charge in [0.25, 0.3) is 0 Å². The summed E-state index contributed by atoms with van der Waals surface area (Å²) in [5.41, 5.74) is 2.16. The van der Waals surface area contributed by atoms with Crippen molar-refractivity contribution in [1.82, 2.24) is 4.98 Å². The van der Waals surface area contributed by atoms with Crippen molar-refractivity contribution in [2.45, 2.75) is 6.42 Å². The van der Waals surface area contributed by atoms with Gasteiger partial charge in [-0.3, -0.25) is 0 Å². The van der Waals surface area contributed by atoms with Crippen LogP contribution < -0.4 is 4.74 Å². The summed E-state index contributed by atoms with van der Waals surface area (Å²) in [4.78, 5) is 15.0. The van der Waals surface area contributed by atoms with Crippen LogP contribution in [0.15, 0.2) is 60.0 Å². The number of benzene rings is 2. The average molecular weight is 325 g/mol. The van der Waals surface area contributed by atoms with Gasteiger partial charge in [0, 0.05) is 17.4 Å².